The lowest BCUT2D eigenvalue weighted by Crippen LogP contribution is -2.36. The van der Waals surface area contributed by atoms with Crippen LogP contribution < -0.4 is 4.74 Å². The Hall–Kier alpha value is -2.41. The topological polar surface area (TPSA) is 77.7 Å². The van der Waals surface area contributed by atoms with Gasteiger partial charge in [0, 0.05) is 25.2 Å². The van der Waals surface area contributed by atoms with Crippen molar-refractivity contribution in [3.05, 3.63) is 42.5 Å². The molecular formula is C16H17N3O4. The molecule has 2 aliphatic heterocycles. The molecule has 4 heterocycles. The van der Waals surface area contributed by atoms with Gasteiger partial charge in [-0.05, 0) is 18.6 Å². The van der Waals surface area contributed by atoms with Gasteiger partial charge < -0.3 is 18.9 Å². The molecule has 2 aromatic heterocycles. The van der Waals surface area contributed by atoms with Gasteiger partial charge in [-0.3, -0.25) is 9.78 Å². The van der Waals surface area contributed by atoms with Crippen molar-refractivity contribution in [2.24, 2.45) is 0 Å². The fourth-order valence-corrected chi connectivity index (χ4v) is 3.27. The summed E-state index contributed by atoms with van der Waals surface area (Å²) in [5.41, 5.74) is -0.317. The highest BCUT2D eigenvalue weighted by molar-refractivity contribution is 5.91. The van der Waals surface area contributed by atoms with Gasteiger partial charge in [0.15, 0.2) is 0 Å². The lowest BCUT2D eigenvalue weighted by Gasteiger charge is -2.22. The monoisotopic (exact) mass is 315 g/mol. The van der Waals surface area contributed by atoms with E-state index in [0.717, 1.165) is 18.6 Å². The minimum Gasteiger partial charge on any atom is -0.486 e. The van der Waals surface area contributed by atoms with Crippen LogP contribution in [0.25, 0.3) is 0 Å². The van der Waals surface area contributed by atoms with E-state index in [2.05, 4.69) is 10.1 Å². The SMILES string of the molecule is O=C(c1ccno1)N1CC[C@@]2(C[C@H](Oc3cccnc3)CO2)C1. The number of hydrogen-bond donors (Lipinski definition) is 0. The Kier molecular flexibility index (Phi) is 3.49. The van der Waals surface area contributed by atoms with Gasteiger partial charge in [0.2, 0.25) is 5.76 Å². The van der Waals surface area contributed by atoms with Crippen LogP contribution in [0.4, 0.5) is 0 Å². The molecule has 0 saturated carbocycles. The maximum atomic E-state index is 12.3. The fourth-order valence-electron chi connectivity index (χ4n) is 3.27. The number of pyridine rings is 1. The van der Waals surface area contributed by atoms with Crippen molar-refractivity contribution in [2.75, 3.05) is 19.7 Å². The molecule has 120 valence electrons. The fraction of sp³-hybridized carbons (Fsp3) is 0.438. The van der Waals surface area contributed by atoms with E-state index in [9.17, 15) is 4.79 Å². The quantitative estimate of drug-likeness (QED) is 0.854. The molecule has 7 nitrogen and oxygen atoms in total. The highest BCUT2D eigenvalue weighted by atomic mass is 16.6. The Bertz CT molecular complexity index is 676. The lowest BCUT2D eigenvalue weighted by molar-refractivity contribution is 0.00956. The van der Waals surface area contributed by atoms with Gasteiger partial charge in [0.1, 0.15) is 11.9 Å². The summed E-state index contributed by atoms with van der Waals surface area (Å²) in [5.74, 6) is 0.869. The summed E-state index contributed by atoms with van der Waals surface area (Å²) in [6.07, 6.45) is 6.44. The Morgan fingerprint density at radius 3 is 3.13 bits per heavy atom. The van der Waals surface area contributed by atoms with Gasteiger partial charge in [-0.25, -0.2) is 0 Å². The summed E-state index contributed by atoms with van der Waals surface area (Å²) in [6, 6.07) is 5.30. The second kappa shape index (κ2) is 5.66. The van der Waals surface area contributed by atoms with Crippen LogP contribution in [0.5, 0.6) is 5.75 Å². The van der Waals surface area contributed by atoms with Crippen molar-refractivity contribution < 1.29 is 18.8 Å². The number of hydrogen-bond acceptors (Lipinski definition) is 6. The van der Waals surface area contributed by atoms with Crippen molar-refractivity contribution in [3.63, 3.8) is 0 Å². The van der Waals surface area contributed by atoms with E-state index in [-0.39, 0.29) is 23.4 Å². The zero-order chi connectivity index (χ0) is 15.7. The molecule has 0 bridgehead atoms. The number of rotatable bonds is 3. The minimum atomic E-state index is -0.317. The van der Waals surface area contributed by atoms with Crippen LogP contribution in [0, 0.1) is 0 Å². The molecular weight excluding hydrogens is 298 g/mol. The van der Waals surface area contributed by atoms with Gasteiger partial charge >= 0.3 is 0 Å². The largest absolute Gasteiger partial charge is 0.486 e. The molecule has 2 fully saturated rings. The Morgan fingerprint density at radius 2 is 2.35 bits per heavy atom. The number of aromatic nitrogens is 2. The normalized spacial score (nSPS) is 26.8. The van der Waals surface area contributed by atoms with Crippen LogP contribution >= 0.6 is 0 Å². The summed E-state index contributed by atoms with van der Waals surface area (Å²) in [4.78, 5) is 18.1. The molecule has 0 aromatic carbocycles. The zero-order valence-corrected chi connectivity index (χ0v) is 12.6. The van der Waals surface area contributed by atoms with E-state index < -0.39 is 0 Å². The van der Waals surface area contributed by atoms with Crippen LogP contribution in [0.15, 0.2) is 41.3 Å². The average molecular weight is 315 g/mol. The van der Waals surface area contributed by atoms with Gasteiger partial charge in [0.25, 0.3) is 5.91 Å². The molecule has 7 heteroatoms. The molecule has 0 unspecified atom stereocenters. The van der Waals surface area contributed by atoms with E-state index in [1.54, 1.807) is 23.4 Å². The Labute approximate surface area is 133 Å². The maximum Gasteiger partial charge on any atom is 0.292 e. The number of carbonyl (C=O) groups is 1. The first-order valence-corrected chi connectivity index (χ1v) is 7.65. The molecule has 0 radical (unpaired) electrons. The first kappa shape index (κ1) is 14.2. The molecule has 4 rings (SSSR count). The third kappa shape index (κ3) is 2.79. The smallest absolute Gasteiger partial charge is 0.292 e. The summed E-state index contributed by atoms with van der Waals surface area (Å²) in [7, 11) is 0. The minimum absolute atomic E-state index is 0.0143. The van der Waals surface area contributed by atoms with E-state index in [4.69, 9.17) is 14.0 Å². The molecule has 23 heavy (non-hydrogen) atoms. The molecule has 1 amide bonds. The summed E-state index contributed by atoms with van der Waals surface area (Å²) < 4.78 is 16.9. The molecule has 2 atom stereocenters. The zero-order valence-electron chi connectivity index (χ0n) is 12.6. The van der Waals surface area contributed by atoms with Crippen molar-refractivity contribution >= 4 is 5.91 Å². The Balaban J connectivity index is 1.38. The van der Waals surface area contributed by atoms with E-state index in [1.165, 1.54) is 6.20 Å². The first-order valence-electron chi connectivity index (χ1n) is 7.65. The molecule has 0 N–H and O–H groups in total. The third-order valence-electron chi connectivity index (χ3n) is 4.36. The predicted octanol–water partition coefficient (Wildman–Crippen LogP) is 1.52. The van der Waals surface area contributed by atoms with Crippen LogP contribution in [-0.4, -0.2) is 52.3 Å². The number of carbonyl (C=O) groups excluding carboxylic acids is 1. The van der Waals surface area contributed by atoms with Crippen molar-refractivity contribution in [2.45, 2.75) is 24.5 Å². The van der Waals surface area contributed by atoms with Crippen LogP contribution in [0.1, 0.15) is 23.4 Å². The standard InChI is InChI=1S/C16H17N3O4/c20-15(14-3-6-18-23-14)19-7-4-16(11-19)8-13(10-21-16)22-12-2-1-5-17-9-12/h1-3,5-6,9,13H,4,7-8,10-11H2/t13-,16+/m0/s1. The second-order valence-corrected chi connectivity index (χ2v) is 5.98. The number of likely N-dealkylation sites (tertiary alicyclic amines) is 1. The van der Waals surface area contributed by atoms with Crippen molar-refractivity contribution in [1.82, 2.24) is 15.0 Å². The van der Waals surface area contributed by atoms with Crippen molar-refractivity contribution in [3.8, 4) is 5.75 Å². The van der Waals surface area contributed by atoms with E-state index >= 15 is 0 Å². The highest BCUT2D eigenvalue weighted by Crippen LogP contribution is 2.37. The lowest BCUT2D eigenvalue weighted by atomic mass is 9.98. The van der Waals surface area contributed by atoms with Gasteiger partial charge in [0.05, 0.1) is 31.1 Å². The van der Waals surface area contributed by atoms with Gasteiger partial charge in [-0.2, -0.15) is 0 Å². The average Bonchev–Trinajstić information content (AvgIpc) is 3.31. The van der Waals surface area contributed by atoms with E-state index in [1.807, 2.05) is 12.1 Å². The van der Waals surface area contributed by atoms with Crippen molar-refractivity contribution in [1.29, 1.82) is 0 Å². The molecule has 1 spiro atoms. The van der Waals surface area contributed by atoms with E-state index in [0.29, 0.717) is 19.7 Å². The molecule has 0 aliphatic carbocycles. The van der Waals surface area contributed by atoms with Crippen LogP contribution in [-0.2, 0) is 4.74 Å². The highest BCUT2D eigenvalue weighted by Gasteiger charge is 2.48. The number of amides is 1. The summed E-state index contributed by atoms with van der Waals surface area (Å²) in [6.45, 7) is 1.73. The predicted molar refractivity (Wildman–Crippen MR) is 79.0 cm³/mol. The third-order valence-corrected chi connectivity index (χ3v) is 4.36. The second-order valence-electron chi connectivity index (χ2n) is 5.98. The van der Waals surface area contributed by atoms with Crippen LogP contribution in [0.3, 0.4) is 0 Å². The number of nitrogens with zero attached hydrogens (tertiary/aromatic N) is 3. The summed E-state index contributed by atoms with van der Waals surface area (Å²) >= 11 is 0. The van der Waals surface area contributed by atoms with Gasteiger partial charge in [-0.15, -0.1) is 0 Å². The van der Waals surface area contributed by atoms with Gasteiger partial charge in [-0.1, -0.05) is 5.16 Å². The molecule has 2 aliphatic rings. The van der Waals surface area contributed by atoms with Crippen LogP contribution in [0.2, 0.25) is 0 Å². The first-order chi connectivity index (χ1) is 11.2. The maximum absolute atomic E-state index is 12.3. The summed E-state index contributed by atoms with van der Waals surface area (Å²) in [5, 5.41) is 3.58. The molecule has 2 aromatic rings. The number of ether oxygens (including phenoxy) is 2. The Morgan fingerprint density at radius 1 is 1.39 bits per heavy atom. The molecule has 2 saturated heterocycles.